The fourth-order valence-electron chi connectivity index (χ4n) is 2.00. The highest BCUT2D eigenvalue weighted by Crippen LogP contribution is 2.29. The van der Waals surface area contributed by atoms with Crippen LogP contribution in [0.15, 0.2) is 48.5 Å². The van der Waals surface area contributed by atoms with Crippen molar-refractivity contribution in [3.63, 3.8) is 0 Å². The first-order chi connectivity index (χ1) is 11.5. The molecule has 1 N–H and O–H groups in total. The standard InChI is InChI=1S/C17H18N2O4S/c1-12(24-11-13-6-4-3-5-7-13)17(20)18-15-9-8-14(19(21)22)10-16(15)23-2/h3-10,12H,11H2,1-2H3,(H,18,20)/t12-/m0/s1. The number of rotatable bonds is 7. The van der Waals surface area contributed by atoms with E-state index in [1.54, 1.807) is 0 Å². The second kappa shape index (κ2) is 8.35. The maximum atomic E-state index is 12.3. The molecule has 0 bridgehead atoms. The number of nitro groups is 1. The summed E-state index contributed by atoms with van der Waals surface area (Å²) in [5, 5.41) is 13.3. The van der Waals surface area contributed by atoms with E-state index in [1.807, 2.05) is 37.3 Å². The number of nitrogens with one attached hydrogen (secondary N) is 1. The first-order valence-electron chi connectivity index (χ1n) is 7.30. The van der Waals surface area contributed by atoms with Crippen LogP contribution in [0.1, 0.15) is 12.5 Å². The molecule has 0 radical (unpaired) electrons. The number of methoxy groups -OCH3 is 1. The molecule has 2 rings (SSSR count). The first kappa shape index (κ1) is 17.8. The third-order valence-electron chi connectivity index (χ3n) is 3.37. The Labute approximate surface area is 144 Å². The van der Waals surface area contributed by atoms with Crippen LogP contribution in [-0.4, -0.2) is 23.2 Å². The summed E-state index contributed by atoms with van der Waals surface area (Å²) in [6.07, 6.45) is 0. The van der Waals surface area contributed by atoms with Crippen LogP contribution < -0.4 is 10.1 Å². The largest absolute Gasteiger partial charge is 0.494 e. The predicted octanol–water partition coefficient (Wildman–Crippen LogP) is 3.86. The fourth-order valence-corrected chi connectivity index (χ4v) is 2.85. The topological polar surface area (TPSA) is 81.5 Å². The van der Waals surface area contributed by atoms with Crippen molar-refractivity contribution >= 4 is 29.0 Å². The minimum Gasteiger partial charge on any atom is -0.494 e. The summed E-state index contributed by atoms with van der Waals surface area (Å²) in [4.78, 5) is 22.6. The molecule has 6 nitrogen and oxygen atoms in total. The molecule has 0 saturated heterocycles. The SMILES string of the molecule is COc1cc([N+](=O)[O-])ccc1NC(=O)[C@H](C)SCc1ccccc1. The highest BCUT2D eigenvalue weighted by Gasteiger charge is 2.17. The number of nitro benzene ring substituents is 1. The molecule has 1 atom stereocenters. The van der Waals surface area contributed by atoms with Crippen LogP contribution in [0.4, 0.5) is 11.4 Å². The smallest absolute Gasteiger partial charge is 0.273 e. The first-order valence-corrected chi connectivity index (χ1v) is 8.35. The van der Waals surface area contributed by atoms with Crippen LogP contribution in [0.25, 0.3) is 0 Å². The quantitative estimate of drug-likeness (QED) is 0.608. The van der Waals surface area contributed by atoms with Crippen LogP contribution in [0, 0.1) is 10.1 Å². The zero-order valence-corrected chi connectivity index (χ0v) is 14.2. The molecule has 0 fully saturated rings. The average Bonchev–Trinajstić information content (AvgIpc) is 2.60. The lowest BCUT2D eigenvalue weighted by Gasteiger charge is -2.14. The molecule has 2 aromatic carbocycles. The summed E-state index contributed by atoms with van der Waals surface area (Å²) in [7, 11) is 1.41. The van der Waals surface area contributed by atoms with Crippen molar-refractivity contribution in [3.05, 3.63) is 64.2 Å². The van der Waals surface area contributed by atoms with Crippen LogP contribution >= 0.6 is 11.8 Å². The second-order valence-electron chi connectivity index (χ2n) is 5.07. The Hall–Kier alpha value is -2.54. The number of benzene rings is 2. The fraction of sp³-hybridized carbons (Fsp3) is 0.235. The monoisotopic (exact) mass is 346 g/mol. The van der Waals surface area contributed by atoms with E-state index >= 15 is 0 Å². The zero-order chi connectivity index (χ0) is 17.5. The second-order valence-corrected chi connectivity index (χ2v) is 6.40. The van der Waals surface area contributed by atoms with Gasteiger partial charge in [0.05, 0.1) is 29.0 Å². The van der Waals surface area contributed by atoms with Gasteiger partial charge in [0.1, 0.15) is 5.75 Å². The minimum absolute atomic E-state index is 0.0867. The Morgan fingerprint density at radius 3 is 2.62 bits per heavy atom. The predicted molar refractivity (Wildman–Crippen MR) is 95.5 cm³/mol. The third-order valence-corrected chi connectivity index (χ3v) is 4.58. The number of carbonyl (C=O) groups is 1. The van der Waals surface area contributed by atoms with Gasteiger partial charge in [0, 0.05) is 11.8 Å². The van der Waals surface area contributed by atoms with Crippen LogP contribution in [0.5, 0.6) is 5.75 Å². The summed E-state index contributed by atoms with van der Waals surface area (Å²) in [5.74, 6) is 0.813. The van der Waals surface area contributed by atoms with Gasteiger partial charge in [-0.15, -0.1) is 11.8 Å². The Bertz CT molecular complexity index is 722. The molecule has 0 unspecified atom stereocenters. The molecule has 0 saturated carbocycles. The summed E-state index contributed by atoms with van der Waals surface area (Å²) < 4.78 is 5.12. The lowest BCUT2D eigenvalue weighted by Crippen LogP contribution is -2.22. The molecule has 1 amide bonds. The molecule has 0 aromatic heterocycles. The van der Waals surface area contributed by atoms with Gasteiger partial charge in [0.2, 0.25) is 5.91 Å². The average molecular weight is 346 g/mol. The summed E-state index contributed by atoms with van der Waals surface area (Å²) >= 11 is 1.52. The van der Waals surface area contributed by atoms with Crippen molar-refractivity contribution in [2.24, 2.45) is 0 Å². The number of nitrogens with zero attached hydrogens (tertiary/aromatic N) is 1. The Kier molecular flexibility index (Phi) is 6.20. The molecule has 0 aliphatic carbocycles. The lowest BCUT2D eigenvalue weighted by atomic mass is 10.2. The molecule has 24 heavy (non-hydrogen) atoms. The van der Waals surface area contributed by atoms with Gasteiger partial charge in [0.25, 0.3) is 5.69 Å². The summed E-state index contributed by atoms with van der Waals surface area (Å²) in [5.41, 5.74) is 1.48. The maximum Gasteiger partial charge on any atom is 0.273 e. The third kappa shape index (κ3) is 4.73. The van der Waals surface area contributed by atoms with E-state index < -0.39 is 4.92 Å². The van der Waals surface area contributed by atoms with Gasteiger partial charge in [0.15, 0.2) is 0 Å². The van der Waals surface area contributed by atoms with E-state index in [-0.39, 0.29) is 22.6 Å². The molecular weight excluding hydrogens is 328 g/mol. The highest BCUT2D eigenvalue weighted by atomic mass is 32.2. The van der Waals surface area contributed by atoms with E-state index in [4.69, 9.17) is 4.74 Å². The Morgan fingerprint density at radius 2 is 2.00 bits per heavy atom. The van der Waals surface area contributed by atoms with E-state index in [0.717, 1.165) is 11.3 Å². The number of hydrogen-bond donors (Lipinski definition) is 1. The normalized spacial score (nSPS) is 11.6. The van der Waals surface area contributed by atoms with Crippen molar-refractivity contribution in [3.8, 4) is 5.75 Å². The summed E-state index contributed by atoms with van der Waals surface area (Å²) in [6.45, 7) is 1.82. The van der Waals surface area contributed by atoms with Gasteiger partial charge < -0.3 is 10.1 Å². The van der Waals surface area contributed by atoms with Crippen molar-refractivity contribution < 1.29 is 14.5 Å². The van der Waals surface area contributed by atoms with E-state index in [9.17, 15) is 14.9 Å². The molecule has 126 valence electrons. The number of thioether (sulfide) groups is 1. The van der Waals surface area contributed by atoms with Crippen molar-refractivity contribution in [1.29, 1.82) is 0 Å². The zero-order valence-electron chi connectivity index (χ0n) is 13.4. The number of carbonyl (C=O) groups excluding carboxylic acids is 1. The molecule has 0 heterocycles. The van der Waals surface area contributed by atoms with Crippen molar-refractivity contribution in [2.75, 3.05) is 12.4 Å². The van der Waals surface area contributed by atoms with E-state index in [2.05, 4.69) is 5.32 Å². The Morgan fingerprint density at radius 1 is 1.29 bits per heavy atom. The van der Waals surface area contributed by atoms with Gasteiger partial charge in [-0.1, -0.05) is 30.3 Å². The molecule has 7 heteroatoms. The van der Waals surface area contributed by atoms with Gasteiger partial charge in [-0.05, 0) is 18.6 Å². The minimum atomic E-state index is -0.507. The number of hydrogen-bond acceptors (Lipinski definition) is 5. The molecule has 0 aliphatic rings. The number of ether oxygens (including phenoxy) is 1. The van der Waals surface area contributed by atoms with E-state index in [1.165, 1.54) is 37.1 Å². The number of non-ortho nitro benzene ring substituents is 1. The molecule has 0 aliphatic heterocycles. The maximum absolute atomic E-state index is 12.3. The van der Waals surface area contributed by atoms with Crippen LogP contribution in [0.3, 0.4) is 0 Å². The lowest BCUT2D eigenvalue weighted by molar-refractivity contribution is -0.384. The van der Waals surface area contributed by atoms with E-state index in [0.29, 0.717) is 5.69 Å². The van der Waals surface area contributed by atoms with Crippen molar-refractivity contribution in [1.82, 2.24) is 0 Å². The van der Waals surface area contributed by atoms with Gasteiger partial charge in [-0.2, -0.15) is 0 Å². The number of anilines is 1. The number of amides is 1. The summed E-state index contributed by atoms with van der Waals surface area (Å²) in [6, 6.07) is 14.0. The van der Waals surface area contributed by atoms with Gasteiger partial charge in [-0.25, -0.2) is 0 Å². The van der Waals surface area contributed by atoms with Gasteiger partial charge >= 0.3 is 0 Å². The molecule has 0 spiro atoms. The highest BCUT2D eigenvalue weighted by molar-refractivity contribution is 7.99. The van der Waals surface area contributed by atoms with Crippen molar-refractivity contribution in [2.45, 2.75) is 17.9 Å². The van der Waals surface area contributed by atoms with Crippen LogP contribution in [0.2, 0.25) is 0 Å². The van der Waals surface area contributed by atoms with Gasteiger partial charge in [-0.3, -0.25) is 14.9 Å². The van der Waals surface area contributed by atoms with Crippen LogP contribution in [-0.2, 0) is 10.5 Å². The molecule has 2 aromatic rings. The Balaban J connectivity index is 1.99. The molecular formula is C17H18N2O4S.